The van der Waals surface area contributed by atoms with Gasteiger partial charge in [-0.1, -0.05) is 43.3 Å². The lowest BCUT2D eigenvalue weighted by molar-refractivity contribution is 0.0506. The largest absolute Gasteiger partial charge is 0.478 e. The predicted molar refractivity (Wildman–Crippen MR) is 99.1 cm³/mol. The number of carboxylic acid groups (broad SMARTS) is 1. The van der Waals surface area contributed by atoms with Crippen LogP contribution in [0.2, 0.25) is 0 Å². The summed E-state index contributed by atoms with van der Waals surface area (Å²) in [7, 11) is 0. The molecule has 1 heterocycles. The lowest BCUT2D eigenvalue weighted by atomic mass is 9.93. The minimum absolute atomic E-state index is 0.0945. The number of pyridine rings is 1. The number of aromatic nitrogens is 1. The Balaban J connectivity index is 2.41. The van der Waals surface area contributed by atoms with Crippen molar-refractivity contribution in [3.05, 3.63) is 59.7 Å². The molecule has 0 fully saturated rings. The Bertz CT molecular complexity index is 984. The third kappa shape index (κ3) is 3.09. The maximum Gasteiger partial charge on any atom is 0.340 e. The predicted octanol–water partition coefficient (Wildman–Crippen LogP) is 3.75. The van der Waals surface area contributed by atoms with E-state index in [1.54, 1.807) is 42.5 Å². The first-order valence-electron chi connectivity index (χ1n) is 8.22. The molecule has 3 rings (SSSR count). The van der Waals surface area contributed by atoms with Crippen LogP contribution in [0.4, 0.5) is 5.82 Å². The van der Waals surface area contributed by atoms with Crippen molar-refractivity contribution in [3.8, 4) is 11.1 Å². The molecule has 6 nitrogen and oxygen atoms in total. The van der Waals surface area contributed by atoms with Crippen molar-refractivity contribution < 1.29 is 19.4 Å². The Morgan fingerprint density at radius 2 is 1.85 bits per heavy atom. The molecule has 0 spiro atoms. The number of benzene rings is 2. The van der Waals surface area contributed by atoms with Crippen LogP contribution in [-0.4, -0.2) is 28.6 Å². The highest BCUT2D eigenvalue weighted by Crippen LogP contribution is 2.36. The van der Waals surface area contributed by atoms with E-state index < -0.39 is 11.9 Å². The van der Waals surface area contributed by atoms with Crippen LogP contribution < -0.4 is 5.73 Å². The number of esters is 1. The summed E-state index contributed by atoms with van der Waals surface area (Å²) in [5.41, 5.74) is 7.51. The van der Waals surface area contributed by atoms with Crippen LogP contribution in [0.3, 0.4) is 0 Å². The summed E-state index contributed by atoms with van der Waals surface area (Å²) in [6, 6.07) is 13.9. The molecule has 26 heavy (non-hydrogen) atoms. The van der Waals surface area contributed by atoms with Crippen molar-refractivity contribution >= 4 is 28.7 Å². The monoisotopic (exact) mass is 350 g/mol. The van der Waals surface area contributed by atoms with E-state index in [0.717, 1.165) is 0 Å². The molecular weight excluding hydrogens is 332 g/mol. The molecule has 0 aliphatic carbocycles. The summed E-state index contributed by atoms with van der Waals surface area (Å²) in [5, 5.41) is 10.1. The standard InChI is InChI=1S/C20H18N2O4/c1-2-11-26-20(25)13-9-6-10-14-16(13)15(12-7-4-3-5-8-12)17(19(23)24)18(21)22-14/h3-10H,2,11H2,1H3,(H2,21,22)(H,23,24). The number of rotatable bonds is 5. The molecule has 0 saturated carbocycles. The lowest BCUT2D eigenvalue weighted by Crippen LogP contribution is -2.11. The highest BCUT2D eigenvalue weighted by atomic mass is 16.5. The van der Waals surface area contributed by atoms with Gasteiger partial charge in [-0.25, -0.2) is 14.6 Å². The molecule has 0 radical (unpaired) electrons. The second kappa shape index (κ2) is 7.23. The van der Waals surface area contributed by atoms with Crippen LogP contribution in [0.25, 0.3) is 22.0 Å². The van der Waals surface area contributed by atoms with Gasteiger partial charge in [0.2, 0.25) is 0 Å². The van der Waals surface area contributed by atoms with Crippen LogP contribution in [0.5, 0.6) is 0 Å². The van der Waals surface area contributed by atoms with Crippen molar-refractivity contribution in [2.24, 2.45) is 0 Å². The molecule has 0 aliphatic heterocycles. The normalized spacial score (nSPS) is 10.7. The van der Waals surface area contributed by atoms with Gasteiger partial charge in [0.05, 0.1) is 17.7 Å². The second-order valence-electron chi connectivity index (χ2n) is 5.75. The molecule has 2 aromatic carbocycles. The van der Waals surface area contributed by atoms with Gasteiger partial charge >= 0.3 is 11.9 Å². The Morgan fingerprint density at radius 3 is 2.50 bits per heavy atom. The molecule has 0 bridgehead atoms. The fourth-order valence-electron chi connectivity index (χ4n) is 2.89. The number of fused-ring (bicyclic) bond motifs is 1. The Hall–Kier alpha value is -3.41. The maximum atomic E-state index is 12.5. The Labute approximate surface area is 150 Å². The molecule has 0 saturated heterocycles. The average molecular weight is 350 g/mol. The number of carbonyl (C=O) groups excluding carboxylic acids is 1. The molecule has 132 valence electrons. The van der Waals surface area contributed by atoms with Crippen LogP contribution in [0.15, 0.2) is 48.5 Å². The van der Waals surface area contributed by atoms with E-state index in [9.17, 15) is 14.7 Å². The zero-order valence-electron chi connectivity index (χ0n) is 14.2. The van der Waals surface area contributed by atoms with Crippen molar-refractivity contribution in [3.63, 3.8) is 0 Å². The summed E-state index contributed by atoms with van der Waals surface area (Å²) in [6.45, 7) is 2.18. The summed E-state index contributed by atoms with van der Waals surface area (Å²) >= 11 is 0. The summed E-state index contributed by atoms with van der Waals surface area (Å²) in [4.78, 5) is 28.6. The molecular formula is C20H18N2O4. The lowest BCUT2D eigenvalue weighted by Gasteiger charge is -2.15. The van der Waals surface area contributed by atoms with Gasteiger partial charge in [0.1, 0.15) is 11.4 Å². The van der Waals surface area contributed by atoms with E-state index in [1.165, 1.54) is 0 Å². The van der Waals surface area contributed by atoms with E-state index in [2.05, 4.69) is 4.98 Å². The molecule has 3 aromatic rings. The molecule has 1 aromatic heterocycles. The van der Waals surface area contributed by atoms with E-state index in [0.29, 0.717) is 28.5 Å². The molecule has 0 unspecified atom stereocenters. The van der Waals surface area contributed by atoms with Gasteiger partial charge < -0.3 is 15.6 Å². The fraction of sp³-hybridized carbons (Fsp3) is 0.150. The number of hydrogen-bond acceptors (Lipinski definition) is 5. The van der Waals surface area contributed by atoms with Gasteiger partial charge in [-0.3, -0.25) is 0 Å². The van der Waals surface area contributed by atoms with Gasteiger partial charge in [-0.05, 0) is 24.1 Å². The quantitative estimate of drug-likeness (QED) is 0.679. The van der Waals surface area contributed by atoms with E-state index in [1.807, 2.05) is 13.0 Å². The number of nitrogen functional groups attached to an aromatic ring is 1. The number of nitrogens with zero attached hydrogens (tertiary/aromatic N) is 1. The van der Waals surface area contributed by atoms with E-state index >= 15 is 0 Å². The first-order chi connectivity index (χ1) is 12.5. The summed E-state index contributed by atoms with van der Waals surface area (Å²) < 4.78 is 5.26. The van der Waals surface area contributed by atoms with Crippen LogP contribution in [0.1, 0.15) is 34.1 Å². The van der Waals surface area contributed by atoms with Crippen molar-refractivity contribution in [2.75, 3.05) is 12.3 Å². The van der Waals surface area contributed by atoms with E-state index in [-0.39, 0.29) is 23.6 Å². The number of aromatic carboxylic acids is 1. The Kier molecular flexibility index (Phi) is 4.84. The second-order valence-corrected chi connectivity index (χ2v) is 5.75. The summed E-state index contributed by atoms with van der Waals surface area (Å²) in [5.74, 6) is -1.81. The topological polar surface area (TPSA) is 103 Å². The number of carboxylic acids is 1. The number of anilines is 1. The zero-order valence-corrected chi connectivity index (χ0v) is 14.2. The Morgan fingerprint density at radius 1 is 1.12 bits per heavy atom. The average Bonchev–Trinajstić information content (AvgIpc) is 2.64. The summed E-state index contributed by atoms with van der Waals surface area (Å²) in [6.07, 6.45) is 0.688. The van der Waals surface area contributed by atoms with Crippen molar-refractivity contribution in [1.29, 1.82) is 0 Å². The molecule has 3 N–H and O–H groups in total. The van der Waals surface area contributed by atoms with Gasteiger partial charge in [0.25, 0.3) is 0 Å². The number of hydrogen-bond donors (Lipinski definition) is 2. The van der Waals surface area contributed by atoms with Crippen molar-refractivity contribution in [2.45, 2.75) is 13.3 Å². The smallest absolute Gasteiger partial charge is 0.340 e. The third-order valence-electron chi connectivity index (χ3n) is 3.97. The van der Waals surface area contributed by atoms with Crippen LogP contribution in [0, 0.1) is 0 Å². The minimum Gasteiger partial charge on any atom is -0.478 e. The highest BCUT2D eigenvalue weighted by Gasteiger charge is 2.24. The van der Waals surface area contributed by atoms with Gasteiger partial charge in [0.15, 0.2) is 0 Å². The molecule has 0 amide bonds. The van der Waals surface area contributed by atoms with Gasteiger partial charge in [-0.15, -0.1) is 0 Å². The van der Waals surface area contributed by atoms with Gasteiger partial charge in [-0.2, -0.15) is 0 Å². The molecule has 6 heteroatoms. The number of ether oxygens (including phenoxy) is 1. The zero-order chi connectivity index (χ0) is 18.7. The molecule has 0 aliphatic rings. The van der Waals surface area contributed by atoms with Gasteiger partial charge in [0, 0.05) is 10.9 Å². The fourth-order valence-corrected chi connectivity index (χ4v) is 2.89. The van der Waals surface area contributed by atoms with Crippen LogP contribution in [-0.2, 0) is 4.74 Å². The highest BCUT2D eigenvalue weighted by molar-refractivity contribution is 6.15. The first-order valence-corrected chi connectivity index (χ1v) is 8.22. The third-order valence-corrected chi connectivity index (χ3v) is 3.97. The van der Waals surface area contributed by atoms with Crippen molar-refractivity contribution in [1.82, 2.24) is 4.98 Å². The minimum atomic E-state index is -1.20. The van der Waals surface area contributed by atoms with Crippen LogP contribution >= 0.6 is 0 Å². The maximum absolute atomic E-state index is 12.5. The number of carbonyl (C=O) groups is 2. The first kappa shape index (κ1) is 17.4. The SMILES string of the molecule is CCCOC(=O)c1cccc2nc(N)c(C(=O)O)c(-c3ccccc3)c12. The van der Waals surface area contributed by atoms with E-state index in [4.69, 9.17) is 10.5 Å². The number of nitrogens with two attached hydrogens (primary N) is 1. The molecule has 0 atom stereocenters.